The number of nitrogens with zero attached hydrogens (tertiary/aromatic N) is 2. The van der Waals surface area contributed by atoms with Crippen molar-refractivity contribution in [1.29, 1.82) is 0 Å². The van der Waals surface area contributed by atoms with E-state index in [9.17, 15) is 4.79 Å². The number of carbonyl (C=O) groups is 1. The van der Waals surface area contributed by atoms with Crippen molar-refractivity contribution in [3.63, 3.8) is 0 Å². The molecule has 3 aromatic carbocycles. The van der Waals surface area contributed by atoms with Crippen LogP contribution >= 0.6 is 11.6 Å². The molecule has 0 bridgehead atoms. The van der Waals surface area contributed by atoms with Crippen LogP contribution < -0.4 is 26.2 Å². The van der Waals surface area contributed by atoms with E-state index in [0.29, 0.717) is 30.1 Å². The van der Waals surface area contributed by atoms with Gasteiger partial charge in [0, 0.05) is 23.4 Å². The Hall–Kier alpha value is -3.38. The first-order chi connectivity index (χ1) is 16.9. The third kappa shape index (κ3) is 5.03. The van der Waals surface area contributed by atoms with Crippen molar-refractivity contribution in [2.45, 2.75) is 46.6 Å². The molecular formula is C28H34ClN5O. The number of benzene rings is 3. The highest BCUT2D eigenvalue weighted by atomic mass is 35.5. The van der Waals surface area contributed by atoms with Crippen molar-refractivity contribution < 1.29 is 4.79 Å². The summed E-state index contributed by atoms with van der Waals surface area (Å²) in [5, 5.41) is 7.15. The first-order valence-electron chi connectivity index (χ1n) is 12.2. The van der Waals surface area contributed by atoms with Gasteiger partial charge in [0.05, 0.1) is 30.3 Å². The minimum absolute atomic E-state index is 0.217. The zero-order chi connectivity index (χ0) is 25.1. The highest BCUT2D eigenvalue weighted by Gasteiger charge is 2.22. The lowest BCUT2D eigenvalue weighted by atomic mass is 10.0. The molecule has 1 aliphatic heterocycles. The van der Waals surface area contributed by atoms with Crippen LogP contribution in [0.15, 0.2) is 48.5 Å². The van der Waals surface area contributed by atoms with Crippen LogP contribution in [0.5, 0.6) is 0 Å². The molecule has 3 aromatic rings. The lowest BCUT2D eigenvalue weighted by Crippen LogP contribution is -2.35. The van der Waals surface area contributed by atoms with E-state index in [1.807, 2.05) is 26.0 Å². The molecular weight excluding hydrogens is 458 g/mol. The lowest BCUT2D eigenvalue weighted by molar-refractivity contribution is 0.256. The van der Waals surface area contributed by atoms with Crippen LogP contribution in [0.1, 0.15) is 43.0 Å². The van der Waals surface area contributed by atoms with Crippen molar-refractivity contribution in [2.24, 2.45) is 0 Å². The quantitative estimate of drug-likeness (QED) is 0.323. The molecule has 0 saturated heterocycles. The SMILES string of the molecule is CCc1ccc(N(Cc2ccc3c(c2)NCN3C)C(=O)Nc2c(CC)c(N)cc(Cl)c2CC)cc1. The first-order valence-corrected chi connectivity index (χ1v) is 12.6. The molecule has 0 aromatic heterocycles. The summed E-state index contributed by atoms with van der Waals surface area (Å²) in [7, 11) is 2.06. The zero-order valence-corrected chi connectivity index (χ0v) is 21.7. The topological polar surface area (TPSA) is 73.6 Å². The number of nitrogens with one attached hydrogen (secondary N) is 2. The number of rotatable bonds is 7. The van der Waals surface area contributed by atoms with Crippen LogP contribution in [0.4, 0.5) is 33.2 Å². The first kappa shape index (κ1) is 24.7. The molecule has 184 valence electrons. The van der Waals surface area contributed by atoms with Gasteiger partial charge in [0.25, 0.3) is 0 Å². The number of hydrogen-bond donors (Lipinski definition) is 3. The van der Waals surface area contributed by atoms with E-state index >= 15 is 0 Å². The Labute approximate surface area is 213 Å². The van der Waals surface area contributed by atoms with Crippen molar-refractivity contribution >= 4 is 46.1 Å². The number of halogens is 1. The van der Waals surface area contributed by atoms with Gasteiger partial charge in [-0.1, -0.05) is 50.6 Å². The fraction of sp³-hybridized carbons (Fsp3) is 0.321. The summed E-state index contributed by atoms with van der Waals surface area (Å²) in [4.78, 5) is 17.8. The number of urea groups is 1. The van der Waals surface area contributed by atoms with E-state index in [4.69, 9.17) is 17.3 Å². The summed E-state index contributed by atoms with van der Waals surface area (Å²) >= 11 is 6.52. The number of anilines is 5. The summed E-state index contributed by atoms with van der Waals surface area (Å²) in [6, 6.07) is 16.0. The second kappa shape index (κ2) is 10.5. The molecule has 0 aliphatic carbocycles. The maximum Gasteiger partial charge on any atom is 0.326 e. The predicted molar refractivity (Wildman–Crippen MR) is 149 cm³/mol. The van der Waals surface area contributed by atoms with Gasteiger partial charge in [0.2, 0.25) is 0 Å². The Morgan fingerprint density at radius 1 is 1.03 bits per heavy atom. The van der Waals surface area contributed by atoms with Gasteiger partial charge < -0.3 is 21.3 Å². The predicted octanol–water partition coefficient (Wildman–Crippen LogP) is 6.67. The molecule has 35 heavy (non-hydrogen) atoms. The average Bonchev–Trinajstić information content (AvgIpc) is 3.22. The van der Waals surface area contributed by atoms with Gasteiger partial charge in [0.1, 0.15) is 0 Å². The number of aryl methyl sites for hydroxylation is 1. The van der Waals surface area contributed by atoms with Crippen LogP contribution in [-0.2, 0) is 25.8 Å². The molecule has 0 radical (unpaired) electrons. The summed E-state index contributed by atoms with van der Waals surface area (Å²) in [6.07, 6.45) is 2.33. The minimum atomic E-state index is -0.217. The van der Waals surface area contributed by atoms with E-state index < -0.39 is 0 Å². The van der Waals surface area contributed by atoms with Gasteiger partial charge in [-0.15, -0.1) is 0 Å². The number of amides is 2. The summed E-state index contributed by atoms with van der Waals surface area (Å²) in [5.41, 5.74) is 14.7. The van der Waals surface area contributed by atoms with E-state index in [1.54, 1.807) is 11.0 Å². The number of nitrogens with two attached hydrogens (primary N) is 1. The van der Waals surface area contributed by atoms with Gasteiger partial charge in [-0.25, -0.2) is 4.79 Å². The van der Waals surface area contributed by atoms with Crippen LogP contribution in [-0.4, -0.2) is 19.7 Å². The Morgan fingerprint density at radius 2 is 1.71 bits per heavy atom. The summed E-state index contributed by atoms with van der Waals surface area (Å²) < 4.78 is 0. The van der Waals surface area contributed by atoms with Crippen molar-refractivity contribution in [3.05, 3.63) is 75.8 Å². The molecule has 7 heteroatoms. The Kier molecular flexibility index (Phi) is 7.41. The monoisotopic (exact) mass is 491 g/mol. The molecule has 6 nitrogen and oxygen atoms in total. The van der Waals surface area contributed by atoms with E-state index in [1.165, 1.54) is 5.56 Å². The normalized spacial score (nSPS) is 12.3. The highest BCUT2D eigenvalue weighted by molar-refractivity contribution is 6.32. The molecule has 0 spiro atoms. The van der Waals surface area contributed by atoms with E-state index in [-0.39, 0.29) is 6.03 Å². The number of nitrogen functional groups attached to an aromatic ring is 1. The smallest absolute Gasteiger partial charge is 0.326 e. The van der Waals surface area contributed by atoms with Crippen LogP contribution in [0, 0.1) is 0 Å². The van der Waals surface area contributed by atoms with E-state index in [0.717, 1.165) is 52.5 Å². The Balaban J connectivity index is 1.71. The van der Waals surface area contributed by atoms with Crippen LogP contribution in [0.3, 0.4) is 0 Å². The van der Waals surface area contributed by atoms with Crippen LogP contribution in [0.2, 0.25) is 5.02 Å². The third-order valence-corrected chi connectivity index (χ3v) is 7.02. The van der Waals surface area contributed by atoms with Crippen molar-refractivity contribution in [3.8, 4) is 0 Å². The maximum absolute atomic E-state index is 13.8. The van der Waals surface area contributed by atoms with Gasteiger partial charge in [-0.05, 0) is 71.8 Å². The second-order valence-corrected chi connectivity index (χ2v) is 9.31. The number of fused-ring (bicyclic) bond motifs is 1. The number of carbonyl (C=O) groups excluding carboxylic acids is 1. The molecule has 1 aliphatic rings. The number of hydrogen-bond acceptors (Lipinski definition) is 4. The molecule has 4 N–H and O–H groups in total. The van der Waals surface area contributed by atoms with Crippen molar-refractivity contribution in [2.75, 3.05) is 39.9 Å². The van der Waals surface area contributed by atoms with E-state index in [2.05, 4.69) is 59.8 Å². The summed E-state index contributed by atoms with van der Waals surface area (Å²) in [6.45, 7) is 7.38. The average molecular weight is 492 g/mol. The van der Waals surface area contributed by atoms with Crippen molar-refractivity contribution in [1.82, 2.24) is 0 Å². The van der Waals surface area contributed by atoms with Gasteiger partial charge in [-0.2, -0.15) is 0 Å². The minimum Gasteiger partial charge on any atom is -0.398 e. The molecule has 0 fully saturated rings. The summed E-state index contributed by atoms with van der Waals surface area (Å²) in [5.74, 6) is 0. The standard InChI is InChI=1S/C28H34ClN5O/c1-5-18-8-11-20(12-9-18)34(16-19-10-13-26-25(14-19)31-17-33(26)4)28(35)32-27-21(6-2)23(29)15-24(30)22(27)7-3/h8-15,31H,5-7,16-17,30H2,1-4H3,(H,32,35). The molecule has 2 amide bonds. The second-order valence-electron chi connectivity index (χ2n) is 8.91. The van der Waals surface area contributed by atoms with Gasteiger partial charge in [0.15, 0.2) is 0 Å². The fourth-order valence-electron chi connectivity index (χ4n) is 4.63. The lowest BCUT2D eigenvalue weighted by Gasteiger charge is -2.26. The molecule has 0 atom stereocenters. The molecule has 0 unspecified atom stereocenters. The molecule has 0 saturated carbocycles. The zero-order valence-electron chi connectivity index (χ0n) is 20.9. The van der Waals surface area contributed by atoms with Gasteiger partial charge >= 0.3 is 6.03 Å². The van der Waals surface area contributed by atoms with Gasteiger partial charge in [-0.3, -0.25) is 4.90 Å². The molecule has 1 heterocycles. The highest BCUT2D eigenvalue weighted by Crippen LogP contribution is 2.35. The Bertz CT molecular complexity index is 1200. The van der Waals surface area contributed by atoms with Crippen LogP contribution in [0.25, 0.3) is 0 Å². The maximum atomic E-state index is 13.8. The fourth-order valence-corrected chi connectivity index (χ4v) is 4.97. The largest absolute Gasteiger partial charge is 0.398 e. The third-order valence-electron chi connectivity index (χ3n) is 6.68. The molecule has 4 rings (SSSR count). The Morgan fingerprint density at radius 3 is 2.37 bits per heavy atom.